The summed E-state index contributed by atoms with van der Waals surface area (Å²) in [5, 5.41) is 7.51. The highest BCUT2D eigenvalue weighted by Crippen LogP contribution is 2.07. The van der Waals surface area contributed by atoms with Crippen LogP contribution < -0.4 is 16.0 Å². The normalized spacial score (nSPS) is 12.5. The highest BCUT2D eigenvalue weighted by atomic mass is 16.5. The average molecular weight is 415 g/mol. The van der Waals surface area contributed by atoms with Gasteiger partial charge in [0.2, 0.25) is 17.7 Å². The van der Waals surface area contributed by atoms with Crippen LogP contribution in [0.2, 0.25) is 0 Å². The van der Waals surface area contributed by atoms with Gasteiger partial charge in [0.15, 0.2) is 0 Å². The van der Waals surface area contributed by atoms with E-state index in [9.17, 15) is 24.0 Å². The summed E-state index contributed by atoms with van der Waals surface area (Å²) in [6.45, 7) is 8.42. The van der Waals surface area contributed by atoms with Crippen molar-refractivity contribution < 1.29 is 33.4 Å². The predicted octanol–water partition coefficient (Wildman–Crippen LogP) is 0.0446. The van der Waals surface area contributed by atoms with E-state index in [1.54, 1.807) is 13.8 Å². The maximum absolute atomic E-state index is 12.3. The number of nitrogens with one attached hydrogen (secondary N) is 3. The largest absolute Gasteiger partial charge is 0.465 e. The summed E-state index contributed by atoms with van der Waals surface area (Å²) in [7, 11) is 0. The first-order chi connectivity index (χ1) is 13.6. The molecule has 0 aliphatic carbocycles. The zero-order chi connectivity index (χ0) is 22.4. The van der Waals surface area contributed by atoms with Crippen molar-refractivity contribution in [3.8, 4) is 0 Å². The van der Waals surface area contributed by atoms with Crippen LogP contribution in [0.3, 0.4) is 0 Å². The van der Waals surface area contributed by atoms with E-state index in [0.717, 1.165) is 0 Å². The fourth-order valence-electron chi connectivity index (χ4n) is 2.48. The van der Waals surface area contributed by atoms with Crippen LogP contribution in [0, 0.1) is 5.92 Å². The Morgan fingerprint density at radius 3 is 2.03 bits per heavy atom. The molecule has 0 aromatic carbocycles. The van der Waals surface area contributed by atoms with Crippen molar-refractivity contribution >= 4 is 29.7 Å². The third-order valence-electron chi connectivity index (χ3n) is 3.68. The van der Waals surface area contributed by atoms with E-state index in [2.05, 4.69) is 16.0 Å². The number of esters is 2. The monoisotopic (exact) mass is 415 g/mol. The van der Waals surface area contributed by atoms with E-state index in [0.29, 0.717) is 6.42 Å². The number of carbonyl (C=O) groups is 5. The maximum atomic E-state index is 12.3. The van der Waals surface area contributed by atoms with Gasteiger partial charge < -0.3 is 25.4 Å². The van der Waals surface area contributed by atoms with E-state index < -0.39 is 41.7 Å². The van der Waals surface area contributed by atoms with Gasteiger partial charge in [-0.25, -0.2) is 4.79 Å². The molecule has 0 saturated carbocycles. The number of ether oxygens (including phenoxy) is 2. The van der Waals surface area contributed by atoms with Crippen LogP contribution in [-0.4, -0.2) is 61.5 Å². The van der Waals surface area contributed by atoms with Gasteiger partial charge in [0, 0.05) is 13.3 Å². The first-order valence-corrected chi connectivity index (χ1v) is 9.77. The molecule has 10 heteroatoms. The quantitative estimate of drug-likeness (QED) is 0.361. The molecule has 0 rings (SSSR count). The maximum Gasteiger partial charge on any atom is 0.328 e. The van der Waals surface area contributed by atoms with Crippen molar-refractivity contribution in [1.82, 2.24) is 16.0 Å². The minimum atomic E-state index is -0.945. The lowest BCUT2D eigenvalue weighted by molar-refractivity contribution is -0.147. The van der Waals surface area contributed by atoms with Gasteiger partial charge in [-0.1, -0.05) is 13.8 Å². The molecule has 0 heterocycles. The zero-order valence-corrected chi connectivity index (χ0v) is 17.8. The van der Waals surface area contributed by atoms with Crippen molar-refractivity contribution in [3.63, 3.8) is 0 Å². The van der Waals surface area contributed by atoms with Crippen molar-refractivity contribution in [2.24, 2.45) is 5.92 Å². The summed E-state index contributed by atoms with van der Waals surface area (Å²) >= 11 is 0. The molecule has 0 aliphatic heterocycles. The number of hydrogen-bond donors (Lipinski definition) is 3. The number of hydrogen-bond acceptors (Lipinski definition) is 7. The summed E-state index contributed by atoms with van der Waals surface area (Å²) in [6, 6.07) is -1.78. The van der Waals surface area contributed by atoms with Gasteiger partial charge in [-0.05, 0) is 32.6 Å². The smallest absolute Gasteiger partial charge is 0.328 e. The van der Waals surface area contributed by atoms with E-state index >= 15 is 0 Å². The van der Waals surface area contributed by atoms with Crippen LogP contribution in [0.4, 0.5) is 0 Å². The Bertz CT molecular complexity index is 578. The van der Waals surface area contributed by atoms with Gasteiger partial charge in [-0.15, -0.1) is 0 Å². The SMILES string of the molecule is CCOC(=O)CNC(=O)C(CC(C)C)NC(=O)CC[C@H](NC(C)=O)C(=O)OCC. The van der Waals surface area contributed by atoms with Crippen LogP contribution in [0.25, 0.3) is 0 Å². The van der Waals surface area contributed by atoms with Gasteiger partial charge in [-0.2, -0.15) is 0 Å². The minimum absolute atomic E-state index is 0.0308. The molecule has 0 fully saturated rings. The highest BCUT2D eigenvalue weighted by molar-refractivity contribution is 5.90. The molecule has 1 unspecified atom stereocenters. The van der Waals surface area contributed by atoms with Crippen molar-refractivity contribution in [2.45, 2.75) is 66.0 Å². The Balaban J connectivity index is 4.82. The molecule has 29 heavy (non-hydrogen) atoms. The standard InChI is InChI=1S/C19H33N3O7/c1-6-28-17(25)11-20-18(26)15(10-12(3)4)22-16(24)9-8-14(21-13(5)23)19(27)29-7-2/h12,14-15H,6-11H2,1-5H3,(H,20,26)(H,21,23)(H,22,24)/t14-,15?/m0/s1. The van der Waals surface area contributed by atoms with Crippen LogP contribution in [0.5, 0.6) is 0 Å². The molecule has 0 spiro atoms. The van der Waals surface area contributed by atoms with Gasteiger partial charge in [0.25, 0.3) is 0 Å². The van der Waals surface area contributed by atoms with Crippen LogP contribution in [-0.2, 0) is 33.4 Å². The van der Waals surface area contributed by atoms with E-state index in [1.807, 2.05) is 13.8 Å². The molecule has 0 radical (unpaired) electrons. The van der Waals surface area contributed by atoms with Crippen LogP contribution in [0.15, 0.2) is 0 Å². The minimum Gasteiger partial charge on any atom is -0.465 e. The Labute approximate surface area is 171 Å². The average Bonchev–Trinajstić information content (AvgIpc) is 2.62. The first kappa shape index (κ1) is 26.4. The Hall–Kier alpha value is -2.65. The molecule has 0 aromatic heterocycles. The fourth-order valence-corrected chi connectivity index (χ4v) is 2.48. The van der Waals surface area contributed by atoms with Crippen LogP contribution in [0.1, 0.15) is 53.9 Å². The van der Waals surface area contributed by atoms with E-state index in [4.69, 9.17) is 9.47 Å². The summed E-state index contributed by atoms with van der Waals surface area (Å²) in [4.78, 5) is 59.2. The van der Waals surface area contributed by atoms with Crippen molar-refractivity contribution in [3.05, 3.63) is 0 Å². The second-order valence-corrected chi connectivity index (χ2v) is 6.82. The van der Waals surface area contributed by atoms with E-state index in [1.165, 1.54) is 6.92 Å². The van der Waals surface area contributed by atoms with Crippen LogP contribution >= 0.6 is 0 Å². The Morgan fingerprint density at radius 1 is 0.897 bits per heavy atom. The van der Waals surface area contributed by atoms with E-state index in [-0.39, 0.29) is 38.5 Å². The summed E-state index contributed by atoms with van der Waals surface area (Å²) in [6.07, 6.45) is 0.306. The van der Waals surface area contributed by atoms with Gasteiger partial charge in [0.05, 0.1) is 13.2 Å². The molecule has 3 N–H and O–H groups in total. The predicted molar refractivity (Wildman–Crippen MR) is 105 cm³/mol. The lowest BCUT2D eigenvalue weighted by Crippen LogP contribution is -2.49. The molecule has 3 amide bonds. The third kappa shape index (κ3) is 12.4. The first-order valence-electron chi connectivity index (χ1n) is 9.77. The topological polar surface area (TPSA) is 140 Å². The summed E-state index contributed by atoms with van der Waals surface area (Å²) in [5.74, 6) is -2.45. The molecular weight excluding hydrogens is 382 g/mol. The lowest BCUT2D eigenvalue weighted by atomic mass is 10.0. The summed E-state index contributed by atoms with van der Waals surface area (Å²) in [5.41, 5.74) is 0. The van der Waals surface area contributed by atoms with Gasteiger partial charge in [-0.3, -0.25) is 19.2 Å². The number of rotatable bonds is 13. The Kier molecular flexibility index (Phi) is 13.0. The molecule has 166 valence electrons. The highest BCUT2D eigenvalue weighted by Gasteiger charge is 2.25. The van der Waals surface area contributed by atoms with Gasteiger partial charge >= 0.3 is 11.9 Å². The number of carbonyl (C=O) groups excluding carboxylic acids is 5. The molecule has 0 aromatic rings. The van der Waals surface area contributed by atoms with Gasteiger partial charge in [0.1, 0.15) is 18.6 Å². The second kappa shape index (κ2) is 14.4. The van der Waals surface area contributed by atoms with Crippen molar-refractivity contribution in [2.75, 3.05) is 19.8 Å². The molecule has 10 nitrogen and oxygen atoms in total. The third-order valence-corrected chi connectivity index (χ3v) is 3.68. The molecule has 0 saturated heterocycles. The zero-order valence-electron chi connectivity index (χ0n) is 17.8. The molecular formula is C19H33N3O7. The fraction of sp³-hybridized carbons (Fsp3) is 0.737. The number of amides is 3. The summed E-state index contributed by atoms with van der Waals surface area (Å²) < 4.78 is 9.64. The second-order valence-electron chi connectivity index (χ2n) is 6.82. The lowest BCUT2D eigenvalue weighted by Gasteiger charge is -2.21. The van der Waals surface area contributed by atoms with Crippen molar-refractivity contribution in [1.29, 1.82) is 0 Å². The molecule has 0 bridgehead atoms. The molecule has 2 atom stereocenters. The molecule has 0 aliphatic rings. The Morgan fingerprint density at radius 2 is 1.52 bits per heavy atom.